The third-order valence-corrected chi connectivity index (χ3v) is 12.8. The van der Waals surface area contributed by atoms with Crippen molar-refractivity contribution in [2.45, 2.75) is 72.4 Å². The van der Waals surface area contributed by atoms with Gasteiger partial charge in [0.05, 0.1) is 30.4 Å². The molecule has 4 aromatic heterocycles. The first-order valence-corrected chi connectivity index (χ1v) is 49.0. The van der Waals surface area contributed by atoms with E-state index in [4.69, 9.17) is 56.3 Å². The van der Waals surface area contributed by atoms with Crippen molar-refractivity contribution < 1.29 is 130 Å². The van der Waals surface area contributed by atoms with Crippen LogP contribution in [0.25, 0.3) is 0 Å². The first kappa shape index (κ1) is 123. The number of benzene rings is 6. The Morgan fingerprint density at radius 3 is 1.03 bits per heavy atom. The number of carbonyl (C=O) groups is 1. The van der Waals surface area contributed by atoms with Crippen molar-refractivity contribution in [3.8, 4) is 11.5 Å². The number of aldehydes is 1. The van der Waals surface area contributed by atoms with Crippen LogP contribution in [0.2, 0.25) is 15.9 Å². The number of hydrogen-bond acceptors (Lipinski definition) is 29. The van der Waals surface area contributed by atoms with Gasteiger partial charge in [-0.15, -0.1) is 26.3 Å². The van der Waals surface area contributed by atoms with Gasteiger partial charge < -0.3 is 48.0 Å². The molecule has 0 atom stereocenters. The Morgan fingerprint density at radius 2 is 0.744 bits per heavy atom. The molecular weight excluding hydrogens is 2680 g/mol. The number of hydrazone groups is 1. The SMILES string of the molecule is C1CCOC1.CC(I)(I)I.CC(I)I.CCO.Fc1ccc(Nc2nc(Cl)nc(Cl)n2)cc1C(F)(F)F.Fc1ccc(Nc2ncnc(N/N=C/c3ccc(OC(F)(F)F)cc3)n2)cc1C(F)(F)F.NN.NNc1nc(Cl)nc(Nc2ccc(F)c(C(F)(F)F)c2)n1.NNc1ncnc(Nc2ccc(F)c(C(F)(F)F)c2)n1.O=Cc1ccc(OC(F)(F)F)cc1.[CH3-].[I][V][I]. The number of ether oxygens (including phenoxy) is 3. The van der Waals surface area contributed by atoms with E-state index in [9.17, 15) is 101 Å². The summed E-state index contributed by atoms with van der Waals surface area (Å²) in [6.07, 6.45) is -22.3. The quantitative estimate of drug-likeness (QED) is 0.00625. The second kappa shape index (κ2) is 61.6. The molecular formula is C67H63Cl3F22I7N24O5V-. The van der Waals surface area contributed by atoms with E-state index in [1.54, 1.807) is 6.92 Å². The molecule has 0 bridgehead atoms. The van der Waals surface area contributed by atoms with E-state index in [2.05, 4.69) is 290 Å². The number of nitrogen functional groups attached to an aromatic ring is 2. The van der Waals surface area contributed by atoms with Crippen LogP contribution in [0.5, 0.6) is 11.5 Å². The second-order valence-corrected chi connectivity index (χ2v) is 53.6. The third kappa shape index (κ3) is 55.8. The number of rotatable bonds is 16. The fourth-order valence-electron chi connectivity index (χ4n) is 7.66. The summed E-state index contributed by atoms with van der Waals surface area (Å²) in [5.41, 5.74) is 1.49. The van der Waals surface area contributed by atoms with Gasteiger partial charge in [0.15, 0.2) is 0 Å². The van der Waals surface area contributed by atoms with Gasteiger partial charge in [-0.3, -0.25) is 27.3 Å². The molecule has 62 heteroatoms. The van der Waals surface area contributed by atoms with Gasteiger partial charge in [-0.1, -0.05) is 113 Å². The minimum atomic E-state index is -4.88. The summed E-state index contributed by atoms with van der Waals surface area (Å²) in [6, 6.07) is 18.9. The topological polar surface area (TPSA) is 420 Å². The maximum absolute atomic E-state index is 13.4. The van der Waals surface area contributed by atoms with Crippen LogP contribution in [0.1, 0.15) is 71.8 Å². The fraction of sp³-hybridized carbons (Fsp3) is 0.239. The van der Waals surface area contributed by atoms with Crippen LogP contribution in [0.3, 0.4) is 0 Å². The van der Waals surface area contributed by atoms with Gasteiger partial charge in [-0.25, -0.2) is 49.6 Å². The predicted octanol–water partition coefficient (Wildman–Crippen LogP) is 23.4. The molecule has 1 aliphatic heterocycles. The van der Waals surface area contributed by atoms with Crippen molar-refractivity contribution in [2.75, 3.05) is 57.4 Å². The van der Waals surface area contributed by atoms with E-state index in [1.807, 2.05) is 0 Å². The van der Waals surface area contributed by atoms with Gasteiger partial charge in [-0.2, -0.15) is 103 Å². The number of anilines is 11. The molecule has 5 heterocycles. The van der Waals surface area contributed by atoms with Crippen molar-refractivity contribution in [2.24, 2.45) is 28.5 Å². The number of alkyl halides is 23. The fourth-order valence-corrected chi connectivity index (χ4v) is 8.19. The normalized spacial score (nSPS) is 11.4. The Labute approximate surface area is 829 Å². The molecule has 0 radical (unpaired) electrons. The zero-order valence-electron chi connectivity index (χ0n) is 64.7. The van der Waals surface area contributed by atoms with E-state index < -0.39 is 88.7 Å². The molecule has 16 N–H and O–H groups in total. The number of hydrazine groups is 3. The zero-order valence-corrected chi connectivity index (χ0v) is 83.5. The summed E-state index contributed by atoms with van der Waals surface area (Å²) in [7, 11) is 0.628. The number of aromatic nitrogens is 12. The molecule has 0 spiro atoms. The van der Waals surface area contributed by atoms with Gasteiger partial charge in [-0.05, 0) is 195 Å². The van der Waals surface area contributed by atoms with Crippen molar-refractivity contribution in [3.05, 3.63) is 214 Å². The van der Waals surface area contributed by atoms with E-state index in [0.717, 1.165) is 76.3 Å². The zero-order chi connectivity index (χ0) is 97.6. The Morgan fingerprint density at radius 1 is 0.481 bits per heavy atom. The van der Waals surface area contributed by atoms with Gasteiger partial charge in [0, 0.05) is 48.1 Å². The predicted molar refractivity (Wildman–Crippen MR) is 495 cm³/mol. The molecule has 1 saturated heterocycles. The molecule has 29 nitrogen and oxygen atoms in total. The van der Waals surface area contributed by atoms with E-state index in [-0.39, 0.29) is 100 Å². The standard InChI is InChI=1S/C18H11F7N6O.C10H4Cl2F4N4.C10H7ClF4N6.C10H8F4N6.C8H5F3O2.C4H8O.C2H3I3.C2H4I2.C2H6O.CH3.2HI.H4N2.V/c19-14-6-3-11(7-13(14)17(20,21)22)29-15-26-9-27-16(30-15)31-28-8-10-1-4-12(5-2-10)32-18(23,24)25;11-7-18-8(12)20-9(19-7)17-4-1-2-6(13)5(3-4)10(14,15)16;11-7-18-8(20-9(19-7)21-16)17-4-1-2-6(12)5(3-4)10(13,14)15;11-7-2-1-5(3-6(7)10(12,13)14)18-8-16-4-17-9(19-8)20-15;9-8(10,11)13-7-3-1-6(5-12)2-4-7;1-2-4-5-3-1;1-2(3,4)5;1-2(3)4;1-2-3;;;;1-2;/h1-9H,(H2,26,27,29,30,31);1-3H,(H,17,18,19,20);1-3H,16H2,(H2,17,18,19,20,21);1-4H,15H2,(H2,16,17,18,19,20);1-5H;1-4H2;1H3;2H,1H3;3H,2H2,1H3;1H3;2*1H;1-2H2;/q;;;;;;;;;-1;;;;+2/p-2/b28-8+;;;;;;;;;;;;;. The molecule has 11 rings (SSSR count). The van der Waals surface area contributed by atoms with Crippen LogP contribution in [-0.4, -0.2) is 111 Å². The van der Waals surface area contributed by atoms with Crippen LogP contribution in [0, 0.1) is 30.7 Å². The van der Waals surface area contributed by atoms with Crippen LogP contribution in [-0.2, 0) is 38.9 Å². The molecule has 0 aliphatic carbocycles. The van der Waals surface area contributed by atoms with E-state index in [1.165, 1.54) is 43.3 Å². The van der Waals surface area contributed by atoms with Crippen LogP contribution in [0.15, 0.2) is 139 Å². The molecule has 1 fully saturated rings. The molecule has 711 valence electrons. The first-order valence-electron chi connectivity index (χ1n) is 33.1. The summed E-state index contributed by atoms with van der Waals surface area (Å²) < 4.78 is 289. The number of carbonyl (C=O) groups excluding carboxylic acids is 1. The molecule has 0 unspecified atom stereocenters. The number of hydrogen-bond donors (Lipinski definition) is 12. The number of aliphatic hydroxyl groups excluding tert-OH is 1. The van der Waals surface area contributed by atoms with Crippen molar-refractivity contribution in [3.63, 3.8) is 0 Å². The van der Waals surface area contributed by atoms with Gasteiger partial charge in [0.1, 0.15) is 53.1 Å². The number of nitrogens with two attached hydrogens (primary N) is 4. The average molecular weight is 2750 g/mol. The summed E-state index contributed by atoms with van der Waals surface area (Å²) in [5.74, 6) is 11.3. The van der Waals surface area contributed by atoms with Crippen LogP contribution >= 0.6 is 188 Å². The van der Waals surface area contributed by atoms with Crippen LogP contribution in [0.4, 0.5) is 161 Å². The summed E-state index contributed by atoms with van der Waals surface area (Å²) in [6.45, 7) is 8.22. The molecule has 129 heavy (non-hydrogen) atoms. The Hall–Kier alpha value is -6.32. The van der Waals surface area contributed by atoms with E-state index in [0.29, 0.717) is 74.8 Å². The van der Waals surface area contributed by atoms with E-state index >= 15 is 0 Å². The summed E-state index contributed by atoms with van der Waals surface area (Å²) >= 11 is 33.1. The first-order chi connectivity index (χ1) is 59.5. The Bertz CT molecular complexity index is 4950. The number of halogens is 32. The molecule has 1 aliphatic rings. The molecule has 10 aromatic rings. The number of aliphatic hydroxyl groups is 1. The maximum atomic E-state index is 13.4. The molecule has 0 amide bonds. The van der Waals surface area contributed by atoms with Crippen molar-refractivity contribution >= 4 is 265 Å². The van der Waals surface area contributed by atoms with Crippen molar-refractivity contribution in [1.29, 1.82) is 0 Å². The third-order valence-electron chi connectivity index (χ3n) is 12.3. The van der Waals surface area contributed by atoms with Gasteiger partial charge in [0.25, 0.3) is 0 Å². The summed E-state index contributed by atoms with van der Waals surface area (Å²) in [5, 5.41) is 20.6. The minimum absolute atomic E-state index is 0. The monoisotopic (exact) mass is 2750 g/mol. The van der Waals surface area contributed by atoms with Gasteiger partial charge in [0.2, 0.25) is 57.5 Å². The summed E-state index contributed by atoms with van der Waals surface area (Å²) in [4.78, 5) is 54.3. The Balaban J connectivity index is 0.00000152. The average Bonchev–Trinajstić information content (AvgIpc) is 0.891. The Kier molecular flexibility index (Phi) is 58.5. The van der Waals surface area contributed by atoms with Crippen molar-refractivity contribution in [1.82, 2.24) is 59.8 Å². The van der Waals surface area contributed by atoms with Gasteiger partial charge >= 0.3 is 86.9 Å². The number of nitrogens with one attached hydrogen (secondary N) is 7. The molecule has 0 saturated carbocycles. The van der Waals surface area contributed by atoms with Crippen LogP contribution < -0.4 is 70.4 Å². The second-order valence-electron chi connectivity index (χ2n) is 22.0. The molecule has 6 aromatic carbocycles. The number of nitrogens with zero attached hydrogens (tertiary/aromatic N) is 13.